The number of aromatic nitrogens is 1. The molecule has 0 spiro atoms. The third-order valence-corrected chi connectivity index (χ3v) is 4.61. The number of nitrogen functional groups attached to an aromatic ring is 1. The number of aryl methyl sites for hydroxylation is 1. The number of piperazine rings is 1. The molecule has 2 saturated heterocycles. The molecule has 2 aliphatic rings. The molecule has 4 nitrogen and oxygen atoms in total. The van der Waals surface area contributed by atoms with E-state index in [9.17, 15) is 0 Å². The van der Waals surface area contributed by atoms with Crippen LogP contribution >= 0.6 is 0 Å². The standard InChI is InChI=1S/C15H24N4/c1-11-8-17-15(7-14(11)16)19-10-13-5-3-4-6-18(13)9-12(19)2/h7-8,12-13H,3-6,9-10H2,1-2H3,(H2,16,17). The van der Waals surface area contributed by atoms with Gasteiger partial charge in [-0.2, -0.15) is 0 Å². The Labute approximate surface area is 115 Å². The van der Waals surface area contributed by atoms with Crippen LogP contribution in [0.4, 0.5) is 11.5 Å². The van der Waals surface area contributed by atoms with Crippen molar-refractivity contribution >= 4 is 11.5 Å². The lowest BCUT2D eigenvalue weighted by Gasteiger charge is -2.48. The van der Waals surface area contributed by atoms with E-state index in [0.717, 1.165) is 30.2 Å². The quantitative estimate of drug-likeness (QED) is 0.839. The van der Waals surface area contributed by atoms with E-state index in [1.54, 1.807) is 0 Å². The van der Waals surface area contributed by atoms with Crippen LogP contribution in [0.5, 0.6) is 0 Å². The molecule has 2 aliphatic heterocycles. The van der Waals surface area contributed by atoms with E-state index in [0.29, 0.717) is 12.1 Å². The summed E-state index contributed by atoms with van der Waals surface area (Å²) in [5, 5.41) is 0. The maximum absolute atomic E-state index is 6.03. The molecule has 0 aliphatic carbocycles. The zero-order valence-electron chi connectivity index (χ0n) is 12.0. The van der Waals surface area contributed by atoms with Crippen LogP contribution < -0.4 is 10.6 Å². The summed E-state index contributed by atoms with van der Waals surface area (Å²) in [4.78, 5) is 9.67. The van der Waals surface area contributed by atoms with Crippen LogP contribution in [-0.4, -0.2) is 41.6 Å². The fraction of sp³-hybridized carbons (Fsp3) is 0.667. The zero-order chi connectivity index (χ0) is 13.4. The lowest BCUT2D eigenvalue weighted by Crippen LogP contribution is -2.59. The summed E-state index contributed by atoms with van der Waals surface area (Å²) < 4.78 is 0. The van der Waals surface area contributed by atoms with Crippen LogP contribution in [0, 0.1) is 6.92 Å². The second-order valence-electron chi connectivity index (χ2n) is 6.05. The van der Waals surface area contributed by atoms with Gasteiger partial charge in [-0.1, -0.05) is 6.42 Å². The second kappa shape index (κ2) is 5.00. The van der Waals surface area contributed by atoms with Crippen molar-refractivity contribution in [2.75, 3.05) is 30.3 Å². The molecule has 1 aromatic heterocycles. The van der Waals surface area contributed by atoms with Crippen molar-refractivity contribution in [1.82, 2.24) is 9.88 Å². The number of hydrogen-bond donors (Lipinski definition) is 1. The van der Waals surface area contributed by atoms with E-state index in [4.69, 9.17) is 5.73 Å². The summed E-state index contributed by atoms with van der Waals surface area (Å²) in [6, 6.07) is 3.25. The molecule has 1 aromatic rings. The molecular weight excluding hydrogens is 236 g/mol. The fourth-order valence-electron chi connectivity index (χ4n) is 3.36. The van der Waals surface area contributed by atoms with Gasteiger partial charge < -0.3 is 10.6 Å². The van der Waals surface area contributed by atoms with Crippen molar-refractivity contribution < 1.29 is 0 Å². The topological polar surface area (TPSA) is 45.4 Å². The van der Waals surface area contributed by atoms with Crippen LogP contribution in [0.15, 0.2) is 12.3 Å². The van der Waals surface area contributed by atoms with Crippen LogP contribution in [0.2, 0.25) is 0 Å². The zero-order valence-corrected chi connectivity index (χ0v) is 12.0. The number of piperidine rings is 1. The van der Waals surface area contributed by atoms with Gasteiger partial charge in [0.15, 0.2) is 0 Å². The first-order chi connectivity index (χ1) is 9.15. The third-order valence-electron chi connectivity index (χ3n) is 4.61. The second-order valence-corrected chi connectivity index (χ2v) is 6.05. The van der Waals surface area contributed by atoms with Crippen molar-refractivity contribution in [2.24, 2.45) is 0 Å². The molecule has 104 valence electrons. The number of hydrogen-bond acceptors (Lipinski definition) is 4. The van der Waals surface area contributed by atoms with Crippen molar-refractivity contribution in [1.29, 1.82) is 0 Å². The summed E-state index contributed by atoms with van der Waals surface area (Å²) in [6.07, 6.45) is 5.95. The van der Waals surface area contributed by atoms with E-state index in [1.807, 2.05) is 19.2 Å². The Kier molecular flexibility index (Phi) is 3.35. The van der Waals surface area contributed by atoms with E-state index in [-0.39, 0.29) is 0 Å². The Balaban J connectivity index is 1.81. The smallest absolute Gasteiger partial charge is 0.130 e. The lowest BCUT2D eigenvalue weighted by molar-refractivity contribution is 0.115. The number of fused-ring (bicyclic) bond motifs is 1. The Morgan fingerprint density at radius 2 is 2.16 bits per heavy atom. The van der Waals surface area contributed by atoms with E-state index < -0.39 is 0 Å². The molecule has 2 fully saturated rings. The van der Waals surface area contributed by atoms with Crippen molar-refractivity contribution in [2.45, 2.75) is 45.2 Å². The molecule has 0 aromatic carbocycles. The van der Waals surface area contributed by atoms with Gasteiger partial charge in [0, 0.05) is 43.1 Å². The number of pyridine rings is 1. The first-order valence-corrected chi connectivity index (χ1v) is 7.38. The van der Waals surface area contributed by atoms with Gasteiger partial charge in [0.2, 0.25) is 0 Å². The first-order valence-electron chi connectivity index (χ1n) is 7.38. The van der Waals surface area contributed by atoms with E-state index in [2.05, 4.69) is 21.7 Å². The predicted octanol–water partition coefficient (Wildman–Crippen LogP) is 2.04. The summed E-state index contributed by atoms with van der Waals surface area (Å²) in [5.74, 6) is 1.04. The average molecular weight is 260 g/mol. The molecule has 0 saturated carbocycles. The van der Waals surface area contributed by atoms with E-state index >= 15 is 0 Å². The molecule has 4 heteroatoms. The maximum Gasteiger partial charge on any atom is 0.130 e. The highest BCUT2D eigenvalue weighted by Gasteiger charge is 2.33. The third kappa shape index (κ3) is 2.41. The Morgan fingerprint density at radius 3 is 2.95 bits per heavy atom. The highest BCUT2D eigenvalue weighted by atomic mass is 15.3. The van der Waals surface area contributed by atoms with Crippen molar-refractivity contribution in [3.63, 3.8) is 0 Å². The molecule has 0 amide bonds. The highest BCUT2D eigenvalue weighted by Crippen LogP contribution is 2.28. The van der Waals surface area contributed by atoms with Crippen LogP contribution in [0.1, 0.15) is 31.7 Å². The lowest BCUT2D eigenvalue weighted by atomic mass is 9.97. The van der Waals surface area contributed by atoms with Gasteiger partial charge in [0.05, 0.1) is 0 Å². The molecule has 0 bridgehead atoms. The van der Waals surface area contributed by atoms with Gasteiger partial charge in [-0.05, 0) is 38.8 Å². The Morgan fingerprint density at radius 1 is 1.32 bits per heavy atom. The number of nitrogens with two attached hydrogens (primary N) is 1. The molecule has 3 rings (SSSR count). The average Bonchev–Trinajstić information content (AvgIpc) is 2.41. The van der Waals surface area contributed by atoms with Crippen LogP contribution in [-0.2, 0) is 0 Å². The van der Waals surface area contributed by atoms with Crippen LogP contribution in [0.25, 0.3) is 0 Å². The van der Waals surface area contributed by atoms with Crippen molar-refractivity contribution in [3.8, 4) is 0 Å². The van der Waals surface area contributed by atoms with Gasteiger partial charge in [0.1, 0.15) is 5.82 Å². The van der Waals surface area contributed by atoms with Crippen LogP contribution in [0.3, 0.4) is 0 Å². The van der Waals surface area contributed by atoms with Gasteiger partial charge >= 0.3 is 0 Å². The number of rotatable bonds is 1. The highest BCUT2D eigenvalue weighted by molar-refractivity contribution is 5.55. The predicted molar refractivity (Wildman–Crippen MR) is 79.4 cm³/mol. The minimum atomic E-state index is 0.518. The normalized spacial score (nSPS) is 28.2. The molecule has 2 N–H and O–H groups in total. The Bertz CT molecular complexity index is 459. The summed E-state index contributed by atoms with van der Waals surface area (Å²) >= 11 is 0. The summed E-state index contributed by atoms with van der Waals surface area (Å²) in [6.45, 7) is 7.82. The Hall–Kier alpha value is -1.29. The van der Waals surface area contributed by atoms with Gasteiger partial charge in [-0.25, -0.2) is 4.98 Å². The number of anilines is 2. The summed E-state index contributed by atoms with van der Waals surface area (Å²) in [7, 11) is 0. The molecule has 0 radical (unpaired) electrons. The minimum Gasteiger partial charge on any atom is -0.398 e. The minimum absolute atomic E-state index is 0.518. The molecule has 2 unspecified atom stereocenters. The maximum atomic E-state index is 6.03. The first kappa shape index (κ1) is 12.7. The SMILES string of the molecule is Cc1cnc(N2CC3CCCCN3CC2C)cc1N. The van der Waals surface area contributed by atoms with Gasteiger partial charge in [0.25, 0.3) is 0 Å². The molecule has 3 heterocycles. The van der Waals surface area contributed by atoms with Crippen molar-refractivity contribution in [3.05, 3.63) is 17.8 Å². The monoisotopic (exact) mass is 260 g/mol. The number of nitrogens with zero attached hydrogens (tertiary/aromatic N) is 3. The molecule has 2 atom stereocenters. The fourth-order valence-corrected chi connectivity index (χ4v) is 3.36. The van der Waals surface area contributed by atoms with Gasteiger partial charge in [-0.3, -0.25) is 4.90 Å². The van der Waals surface area contributed by atoms with Gasteiger partial charge in [-0.15, -0.1) is 0 Å². The molecule has 19 heavy (non-hydrogen) atoms. The largest absolute Gasteiger partial charge is 0.398 e. The summed E-state index contributed by atoms with van der Waals surface area (Å²) in [5.41, 5.74) is 7.94. The molecular formula is C15H24N4. The van der Waals surface area contributed by atoms with E-state index in [1.165, 1.54) is 25.8 Å².